The van der Waals surface area contributed by atoms with Crippen molar-refractivity contribution in [3.63, 3.8) is 0 Å². The average molecular weight is 384 g/mol. The van der Waals surface area contributed by atoms with Crippen LogP contribution in [0.1, 0.15) is 37.6 Å². The molecule has 1 aromatic carbocycles. The minimum Gasteiger partial charge on any atom is -0.355 e. The van der Waals surface area contributed by atoms with Crippen LogP contribution < -0.4 is 10.6 Å². The number of hydrogen-bond acceptors (Lipinski definition) is 4. The van der Waals surface area contributed by atoms with Gasteiger partial charge in [0.25, 0.3) is 0 Å². The summed E-state index contributed by atoms with van der Waals surface area (Å²) in [5.41, 5.74) is 1.39. The third-order valence-corrected chi connectivity index (χ3v) is 5.36. The van der Waals surface area contributed by atoms with Crippen LogP contribution >= 0.6 is 0 Å². The van der Waals surface area contributed by atoms with Gasteiger partial charge in [-0.25, -0.2) is 0 Å². The van der Waals surface area contributed by atoms with Gasteiger partial charge in [-0.3, -0.25) is 9.89 Å². The number of likely N-dealkylation sites (tertiary alicyclic amines) is 1. The highest BCUT2D eigenvalue weighted by Gasteiger charge is 2.22. The predicted octanol–water partition coefficient (Wildman–Crippen LogP) is 2.06. The van der Waals surface area contributed by atoms with E-state index in [1.807, 2.05) is 7.05 Å². The molecule has 1 atom stereocenters. The van der Waals surface area contributed by atoms with Gasteiger partial charge in [0.2, 0.25) is 0 Å². The molecule has 1 aliphatic heterocycles. The monoisotopic (exact) mass is 383 g/mol. The maximum atomic E-state index is 4.38. The van der Waals surface area contributed by atoms with Crippen molar-refractivity contribution in [2.45, 2.75) is 51.7 Å². The molecule has 7 heteroatoms. The lowest BCUT2D eigenvalue weighted by molar-refractivity contribution is 0.141. The van der Waals surface area contributed by atoms with Crippen LogP contribution in [-0.4, -0.2) is 58.3 Å². The number of guanidine groups is 1. The summed E-state index contributed by atoms with van der Waals surface area (Å²) in [6.45, 7) is 6.83. The topological polar surface area (TPSA) is 70.4 Å². The van der Waals surface area contributed by atoms with Gasteiger partial charge >= 0.3 is 0 Å². The summed E-state index contributed by atoms with van der Waals surface area (Å²) >= 11 is 0. The van der Waals surface area contributed by atoms with Crippen molar-refractivity contribution in [3.05, 3.63) is 48.0 Å². The quantitative estimate of drug-likeness (QED) is 0.539. The van der Waals surface area contributed by atoms with E-state index in [9.17, 15) is 0 Å². The molecule has 28 heavy (non-hydrogen) atoms. The first-order chi connectivity index (χ1) is 13.8. The molecule has 0 bridgehead atoms. The van der Waals surface area contributed by atoms with Crippen LogP contribution in [0.15, 0.2) is 41.7 Å². The lowest BCUT2D eigenvalue weighted by Gasteiger charge is -2.36. The zero-order chi connectivity index (χ0) is 19.6. The Hall–Kier alpha value is -2.41. The molecule has 1 aromatic heterocycles. The van der Waals surface area contributed by atoms with Crippen molar-refractivity contribution in [2.75, 3.05) is 26.7 Å². The third kappa shape index (κ3) is 5.79. The fourth-order valence-corrected chi connectivity index (χ4v) is 3.79. The summed E-state index contributed by atoms with van der Waals surface area (Å²) in [4.78, 5) is 6.98. The Labute approximate surface area is 168 Å². The summed E-state index contributed by atoms with van der Waals surface area (Å²) < 4.78 is 2.09. The SMILES string of the molecule is CCc1nncn1CCNC(=NC)NCC1CCCCN1Cc1ccccc1. The molecule has 0 aliphatic carbocycles. The first kappa shape index (κ1) is 20.3. The van der Waals surface area contributed by atoms with Gasteiger partial charge in [-0.2, -0.15) is 0 Å². The van der Waals surface area contributed by atoms with E-state index in [1.54, 1.807) is 6.33 Å². The van der Waals surface area contributed by atoms with Crippen LogP contribution in [0.3, 0.4) is 0 Å². The van der Waals surface area contributed by atoms with Gasteiger partial charge in [-0.15, -0.1) is 10.2 Å². The summed E-state index contributed by atoms with van der Waals surface area (Å²) in [7, 11) is 1.83. The van der Waals surface area contributed by atoms with Crippen LogP contribution in [0.4, 0.5) is 0 Å². The highest BCUT2D eigenvalue weighted by molar-refractivity contribution is 5.79. The van der Waals surface area contributed by atoms with Crippen LogP contribution in [-0.2, 0) is 19.5 Å². The van der Waals surface area contributed by atoms with Crippen molar-refractivity contribution in [3.8, 4) is 0 Å². The molecule has 0 radical (unpaired) electrons. The van der Waals surface area contributed by atoms with Crippen molar-refractivity contribution < 1.29 is 0 Å². The maximum absolute atomic E-state index is 4.38. The maximum Gasteiger partial charge on any atom is 0.191 e. The zero-order valence-electron chi connectivity index (χ0n) is 17.1. The molecule has 1 saturated heterocycles. The minimum absolute atomic E-state index is 0.539. The Bertz CT molecular complexity index is 725. The second-order valence-electron chi connectivity index (χ2n) is 7.28. The Morgan fingerprint density at radius 1 is 1.21 bits per heavy atom. The molecule has 0 spiro atoms. The number of aryl methyl sites for hydroxylation is 1. The first-order valence-corrected chi connectivity index (χ1v) is 10.4. The zero-order valence-corrected chi connectivity index (χ0v) is 17.1. The number of benzene rings is 1. The number of aliphatic imine (C=N–C) groups is 1. The van der Waals surface area contributed by atoms with Gasteiger partial charge in [-0.1, -0.05) is 43.7 Å². The molecule has 0 amide bonds. The molecule has 1 unspecified atom stereocenters. The Kier molecular flexibility index (Phi) is 7.84. The Balaban J connectivity index is 1.46. The average Bonchev–Trinajstić information content (AvgIpc) is 3.20. The lowest BCUT2D eigenvalue weighted by Crippen LogP contribution is -2.49. The van der Waals surface area contributed by atoms with E-state index >= 15 is 0 Å². The lowest BCUT2D eigenvalue weighted by atomic mass is 10.0. The third-order valence-electron chi connectivity index (χ3n) is 5.36. The highest BCUT2D eigenvalue weighted by atomic mass is 15.3. The molecule has 1 fully saturated rings. The number of piperidine rings is 1. The normalized spacial score (nSPS) is 18.2. The second kappa shape index (κ2) is 10.8. The highest BCUT2D eigenvalue weighted by Crippen LogP contribution is 2.19. The first-order valence-electron chi connectivity index (χ1n) is 10.4. The minimum atomic E-state index is 0.539. The van der Waals surface area contributed by atoms with Crippen molar-refractivity contribution in [1.82, 2.24) is 30.3 Å². The van der Waals surface area contributed by atoms with E-state index in [0.29, 0.717) is 6.04 Å². The molecule has 2 heterocycles. The molecule has 152 valence electrons. The van der Waals surface area contributed by atoms with Crippen LogP contribution in [0, 0.1) is 0 Å². The van der Waals surface area contributed by atoms with E-state index < -0.39 is 0 Å². The summed E-state index contributed by atoms with van der Waals surface area (Å²) in [5, 5.41) is 15.0. The Morgan fingerprint density at radius 2 is 2.07 bits per heavy atom. The number of nitrogens with zero attached hydrogens (tertiary/aromatic N) is 5. The Morgan fingerprint density at radius 3 is 2.86 bits per heavy atom. The van der Waals surface area contributed by atoms with E-state index in [2.05, 4.69) is 72.5 Å². The van der Waals surface area contributed by atoms with Gasteiger partial charge in [0, 0.05) is 45.7 Å². The van der Waals surface area contributed by atoms with Crippen LogP contribution in [0.5, 0.6) is 0 Å². The van der Waals surface area contributed by atoms with Crippen molar-refractivity contribution in [1.29, 1.82) is 0 Å². The molecular formula is C21H33N7. The van der Waals surface area contributed by atoms with Gasteiger partial charge in [0.1, 0.15) is 12.2 Å². The molecular weight excluding hydrogens is 350 g/mol. The summed E-state index contributed by atoms with van der Waals surface area (Å²) in [5.74, 6) is 1.87. The number of rotatable bonds is 8. The predicted molar refractivity (Wildman–Crippen MR) is 113 cm³/mol. The van der Waals surface area contributed by atoms with Gasteiger partial charge in [-0.05, 0) is 24.9 Å². The van der Waals surface area contributed by atoms with Gasteiger partial charge < -0.3 is 15.2 Å². The second-order valence-corrected chi connectivity index (χ2v) is 7.28. The standard InChI is InChI=1S/C21H33N7/c1-3-20-26-25-17-28(20)14-12-23-21(22-2)24-15-19-11-7-8-13-27(19)16-18-9-5-4-6-10-18/h4-6,9-10,17,19H,3,7-8,11-16H2,1-2H3,(H2,22,23,24). The van der Waals surface area contributed by atoms with E-state index in [1.165, 1.54) is 31.4 Å². The molecule has 3 rings (SSSR count). The van der Waals surface area contributed by atoms with E-state index in [4.69, 9.17) is 0 Å². The van der Waals surface area contributed by atoms with Crippen molar-refractivity contribution in [2.24, 2.45) is 4.99 Å². The van der Waals surface area contributed by atoms with Crippen LogP contribution in [0.25, 0.3) is 0 Å². The van der Waals surface area contributed by atoms with Crippen molar-refractivity contribution >= 4 is 5.96 Å². The number of nitrogens with one attached hydrogen (secondary N) is 2. The van der Waals surface area contributed by atoms with E-state index in [0.717, 1.165) is 44.4 Å². The number of aromatic nitrogens is 3. The van der Waals surface area contributed by atoms with Gasteiger partial charge in [0.05, 0.1) is 0 Å². The van der Waals surface area contributed by atoms with Crippen LogP contribution in [0.2, 0.25) is 0 Å². The largest absolute Gasteiger partial charge is 0.355 e. The molecule has 2 N–H and O–H groups in total. The number of hydrogen-bond donors (Lipinski definition) is 2. The molecule has 1 aliphatic rings. The molecule has 2 aromatic rings. The smallest absolute Gasteiger partial charge is 0.191 e. The summed E-state index contributed by atoms with van der Waals surface area (Å²) in [6, 6.07) is 11.3. The molecule has 7 nitrogen and oxygen atoms in total. The fraction of sp³-hybridized carbons (Fsp3) is 0.571. The summed E-state index contributed by atoms with van der Waals surface area (Å²) in [6.07, 6.45) is 6.51. The van der Waals surface area contributed by atoms with Gasteiger partial charge in [0.15, 0.2) is 5.96 Å². The fourth-order valence-electron chi connectivity index (χ4n) is 3.79. The molecule has 0 saturated carbocycles. The van der Waals surface area contributed by atoms with E-state index in [-0.39, 0.29) is 0 Å².